The molecule has 5 nitrogen and oxygen atoms in total. The first-order valence-corrected chi connectivity index (χ1v) is 7.11. The van der Waals surface area contributed by atoms with Gasteiger partial charge in [0.05, 0.1) is 19.8 Å². The molecule has 0 aliphatic carbocycles. The molecule has 110 valence electrons. The van der Waals surface area contributed by atoms with E-state index in [-0.39, 0.29) is 12.5 Å². The summed E-state index contributed by atoms with van der Waals surface area (Å²) >= 11 is 0. The highest BCUT2D eigenvalue weighted by molar-refractivity contribution is 5.78. The third-order valence-corrected chi connectivity index (χ3v) is 3.56. The molecule has 0 aromatic heterocycles. The highest BCUT2D eigenvalue weighted by atomic mass is 16.5. The summed E-state index contributed by atoms with van der Waals surface area (Å²) in [5, 5.41) is 0. The van der Waals surface area contributed by atoms with Gasteiger partial charge < -0.3 is 15.4 Å². The van der Waals surface area contributed by atoms with E-state index in [1.807, 2.05) is 23.1 Å². The SMILES string of the molecule is NCC(=O)N1CCN(CCOCc2ccccc2)CC1. The Morgan fingerprint density at radius 2 is 1.85 bits per heavy atom. The van der Waals surface area contributed by atoms with Crippen molar-refractivity contribution in [2.24, 2.45) is 5.73 Å². The van der Waals surface area contributed by atoms with Crippen molar-refractivity contribution < 1.29 is 9.53 Å². The van der Waals surface area contributed by atoms with Crippen LogP contribution in [0.25, 0.3) is 0 Å². The average Bonchev–Trinajstić information content (AvgIpc) is 2.52. The van der Waals surface area contributed by atoms with Crippen molar-refractivity contribution in [1.29, 1.82) is 0 Å². The van der Waals surface area contributed by atoms with Crippen LogP contribution in [0.3, 0.4) is 0 Å². The Kier molecular flexibility index (Phi) is 5.98. The van der Waals surface area contributed by atoms with Gasteiger partial charge in [0.2, 0.25) is 5.91 Å². The van der Waals surface area contributed by atoms with E-state index in [1.54, 1.807) is 0 Å². The number of rotatable bonds is 6. The maximum Gasteiger partial charge on any atom is 0.236 e. The summed E-state index contributed by atoms with van der Waals surface area (Å²) in [7, 11) is 0. The lowest BCUT2D eigenvalue weighted by atomic mass is 10.2. The van der Waals surface area contributed by atoms with Crippen LogP contribution in [0.2, 0.25) is 0 Å². The van der Waals surface area contributed by atoms with Gasteiger partial charge in [-0.3, -0.25) is 9.69 Å². The number of ether oxygens (including phenoxy) is 1. The van der Waals surface area contributed by atoms with Crippen molar-refractivity contribution in [2.75, 3.05) is 45.9 Å². The molecule has 1 aromatic carbocycles. The van der Waals surface area contributed by atoms with Crippen molar-refractivity contribution in [3.05, 3.63) is 35.9 Å². The van der Waals surface area contributed by atoms with Crippen molar-refractivity contribution in [3.8, 4) is 0 Å². The van der Waals surface area contributed by atoms with E-state index in [2.05, 4.69) is 17.0 Å². The number of hydrogen-bond acceptors (Lipinski definition) is 4. The van der Waals surface area contributed by atoms with Crippen LogP contribution in [-0.2, 0) is 16.1 Å². The minimum atomic E-state index is 0.0463. The van der Waals surface area contributed by atoms with Gasteiger partial charge in [-0.25, -0.2) is 0 Å². The third-order valence-electron chi connectivity index (χ3n) is 3.56. The molecule has 2 N–H and O–H groups in total. The van der Waals surface area contributed by atoms with E-state index in [4.69, 9.17) is 10.5 Å². The molecule has 0 unspecified atom stereocenters. The predicted molar refractivity (Wildman–Crippen MR) is 78.2 cm³/mol. The molecule has 1 fully saturated rings. The summed E-state index contributed by atoms with van der Waals surface area (Å²) in [5.41, 5.74) is 6.57. The second-order valence-electron chi connectivity index (χ2n) is 4.96. The molecular formula is C15H23N3O2. The number of benzene rings is 1. The number of carbonyl (C=O) groups excluding carboxylic acids is 1. The van der Waals surface area contributed by atoms with Gasteiger partial charge in [-0.2, -0.15) is 0 Å². The van der Waals surface area contributed by atoms with Gasteiger partial charge in [-0.15, -0.1) is 0 Å². The molecule has 0 spiro atoms. The van der Waals surface area contributed by atoms with Gasteiger partial charge in [-0.1, -0.05) is 30.3 Å². The van der Waals surface area contributed by atoms with Crippen molar-refractivity contribution >= 4 is 5.91 Å². The van der Waals surface area contributed by atoms with Gasteiger partial charge >= 0.3 is 0 Å². The molecule has 0 saturated carbocycles. The first-order chi connectivity index (χ1) is 9.79. The molecule has 1 saturated heterocycles. The van der Waals surface area contributed by atoms with E-state index in [9.17, 15) is 4.79 Å². The van der Waals surface area contributed by atoms with Gasteiger partial charge in [0.1, 0.15) is 0 Å². The maximum atomic E-state index is 11.4. The number of nitrogens with two attached hydrogens (primary N) is 1. The van der Waals surface area contributed by atoms with Gasteiger partial charge in [-0.05, 0) is 5.56 Å². The summed E-state index contributed by atoms with van der Waals surface area (Å²) in [5.74, 6) is 0.0463. The number of nitrogens with zero attached hydrogens (tertiary/aromatic N) is 2. The molecule has 5 heteroatoms. The number of piperazine rings is 1. The van der Waals surface area contributed by atoms with Crippen LogP contribution in [0.5, 0.6) is 0 Å². The first kappa shape index (κ1) is 15.0. The second-order valence-corrected chi connectivity index (χ2v) is 4.96. The highest BCUT2D eigenvalue weighted by Gasteiger charge is 2.19. The smallest absolute Gasteiger partial charge is 0.236 e. The van der Waals surface area contributed by atoms with E-state index in [1.165, 1.54) is 5.56 Å². The summed E-state index contributed by atoms with van der Waals surface area (Å²) in [4.78, 5) is 15.6. The lowest BCUT2D eigenvalue weighted by Crippen LogP contribution is -2.50. The Morgan fingerprint density at radius 3 is 2.50 bits per heavy atom. The highest BCUT2D eigenvalue weighted by Crippen LogP contribution is 2.03. The minimum absolute atomic E-state index is 0.0463. The maximum absolute atomic E-state index is 11.4. The molecule has 1 heterocycles. The van der Waals surface area contributed by atoms with Crippen molar-refractivity contribution in [3.63, 3.8) is 0 Å². The Bertz CT molecular complexity index is 403. The number of amides is 1. The van der Waals surface area contributed by atoms with Crippen LogP contribution >= 0.6 is 0 Å². The zero-order valence-corrected chi connectivity index (χ0v) is 11.8. The first-order valence-electron chi connectivity index (χ1n) is 7.11. The zero-order valence-electron chi connectivity index (χ0n) is 11.8. The van der Waals surface area contributed by atoms with Crippen LogP contribution < -0.4 is 5.73 Å². The van der Waals surface area contributed by atoms with Gasteiger partial charge in [0.25, 0.3) is 0 Å². The van der Waals surface area contributed by atoms with Crippen molar-refractivity contribution in [1.82, 2.24) is 9.80 Å². The predicted octanol–water partition coefficient (Wildman–Crippen LogP) is 0.306. The quantitative estimate of drug-likeness (QED) is 0.760. The summed E-state index contributed by atoms with van der Waals surface area (Å²) < 4.78 is 5.68. The zero-order chi connectivity index (χ0) is 14.2. The Balaban J connectivity index is 1.58. The molecule has 2 rings (SSSR count). The number of hydrogen-bond donors (Lipinski definition) is 1. The van der Waals surface area contributed by atoms with E-state index in [0.717, 1.165) is 39.3 Å². The molecular weight excluding hydrogens is 254 g/mol. The molecule has 0 bridgehead atoms. The Labute approximate surface area is 120 Å². The third kappa shape index (κ3) is 4.59. The lowest BCUT2D eigenvalue weighted by molar-refractivity contribution is -0.131. The molecule has 1 aliphatic heterocycles. The summed E-state index contributed by atoms with van der Waals surface area (Å²) in [6, 6.07) is 10.2. The summed E-state index contributed by atoms with van der Waals surface area (Å²) in [6.07, 6.45) is 0. The molecule has 1 aromatic rings. The van der Waals surface area contributed by atoms with Crippen LogP contribution in [0.1, 0.15) is 5.56 Å². The Hall–Kier alpha value is -1.43. The normalized spacial score (nSPS) is 16.4. The fraction of sp³-hybridized carbons (Fsp3) is 0.533. The molecule has 0 atom stereocenters. The Morgan fingerprint density at radius 1 is 1.15 bits per heavy atom. The summed E-state index contributed by atoms with van der Waals surface area (Å²) in [6.45, 7) is 5.76. The fourth-order valence-electron chi connectivity index (χ4n) is 2.31. The van der Waals surface area contributed by atoms with E-state index < -0.39 is 0 Å². The topological polar surface area (TPSA) is 58.8 Å². The largest absolute Gasteiger partial charge is 0.375 e. The number of carbonyl (C=O) groups is 1. The van der Waals surface area contributed by atoms with E-state index in [0.29, 0.717) is 6.61 Å². The van der Waals surface area contributed by atoms with Crippen molar-refractivity contribution in [2.45, 2.75) is 6.61 Å². The monoisotopic (exact) mass is 277 g/mol. The molecule has 20 heavy (non-hydrogen) atoms. The van der Waals surface area contributed by atoms with E-state index >= 15 is 0 Å². The minimum Gasteiger partial charge on any atom is -0.375 e. The average molecular weight is 277 g/mol. The second kappa shape index (κ2) is 7.99. The molecule has 1 amide bonds. The molecule has 1 aliphatic rings. The van der Waals surface area contributed by atoms with Gasteiger partial charge in [0, 0.05) is 32.7 Å². The van der Waals surface area contributed by atoms with Crippen LogP contribution in [-0.4, -0.2) is 61.6 Å². The fourth-order valence-corrected chi connectivity index (χ4v) is 2.31. The van der Waals surface area contributed by atoms with Crippen LogP contribution in [0.4, 0.5) is 0 Å². The van der Waals surface area contributed by atoms with Gasteiger partial charge in [0.15, 0.2) is 0 Å². The van der Waals surface area contributed by atoms with Crippen LogP contribution in [0.15, 0.2) is 30.3 Å². The standard InChI is InChI=1S/C15H23N3O2/c16-12-15(19)18-8-6-17(7-9-18)10-11-20-13-14-4-2-1-3-5-14/h1-5H,6-13,16H2. The van der Waals surface area contributed by atoms with Crippen LogP contribution in [0, 0.1) is 0 Å². The lowest BCUT2D eigenvalue weighted by Gasteiger charge is -2.34. The molecule has 0 radical (unpaired) electrons.